The van der Waals surface area contributed by atoms with E-state index in [1.54, 1.807) is 11.3 Å². The van der Waals surface area contributed by atoms with E-state index in [1.807, 2.05) is 5.51 Å². The monoisotopic (exact) mass is 225 g/mol. The van der Waals surface area contributed by atoms with Crippen LogP contribution in [-0.4, -0.2) is 24.1 Å². The molecule has 3 nitrogen and oxygen atoms in total. The van der Waals surface area contributed by atoms with Gasteiger partial charge in [0, 0.05) is 17.5 Å². The van der Waals surface area contributed by atoms with Crippen LogP contribution in [0.5, 0.6) is 0 Å². The van der Waals surface area contributed by atoms with Gasteiger partial charge in [-0.2, -0.15) is 0 Å². The van der Waals surface area contributed by atoms with Crippen LogP contribution in [0.4, 0.5) is 0 Å². The maximum absolute atomic E-state index is 4.25. The van der Waals surface area contributed by atoms with Gasteiger partial charge in [-0.1, -0.05) is 0 Å². The highest BCUT2D eigenvalue weighted by Crippen LogP contribution is 2.15. The largest absolute Gasteiger partial charge is 0.314 e. The zero-order chi connectivity index (χ0) is 10.7. The van der Waals surface area contributed by atoms with Crippen LogP contribution in [0.25, 0.3) is 0 Å². The molecule has 2 N–H and O–H groups in total. The minimum atomic E-state index is 0.667. The van der Waals surface area contributed by atoms with Crippen molar-refractivity contribution in [3.63, 3.8) is 0 Å². The average Bonchev–Trinajstić information content (AvgIpc) is 2.78. The van der Waals surface area contributed by atoms with E-state index in [-0.39, 0.29) is 0 Å². The van der Waals surface area contributed by atoms with Crippen LogP contribution in [0.3, 0.4) is 0 Å². The molecule has 0 aliphatic carbocycles. The third-order valence-corrected chi connectivity index (χ3v) is 4.16. The van der Waals surface area contributed by atoms with Crippen LogP contribution in [-0.2, 0) is 6.54 Å². The maximum Gasteiger partial charge on any atom is 0.0798 e. The van der Waals surface area contributed by atoms with E-state index in [1.165, 1.54) is 23.5 Å². The van der Waals surface area contributed by atoms with Gasteiger partial charge in [0.2, 0.25) is 0 Å². The smallest absolute Gasteiger partial charge is 0.0798 e. The van der Waals surface area contributed by atoms with Crippen molar-refractivity contribution < 1.29 is 0 Å². The summed E-state index contributed by atoms with van der Waals surface area (Å²) >= 11 is 1.74. The van der Waals surface area contributed by atoms with Crippen molar-refractivity contribution >= 4 is 11.3 Å². The van der Waals surface area contributed by atoms with Gasteiger partial charge >= 0.3 is 0 Å². The minimum absolute atomic E-state index is 0.667. The Balaban J connectivity index is 1.73. The molecule has 1 aliphatic heterocycles. The zero-order valence-corrected chi connectivity index (χ0v) is 10.2. The number of rotatable bonds is 4. The Labute approximate surface area is 95.3 Å². The molecular weight excluding hydrogens is 206 g/mol. The van der Waals surface area contributed by atoms with Crippen molar-refractivity contribution in [2.24, 2.45) is 5.92 Å². The highest BCUT2D eigenvalue weighted by molar-refractivity contribution is 7.09. The lowest BCUT2D eigenvalue weighted by Gasteiger charge is -2.15. The van der Waals surface area contributed by atoms with E-state index in [9.17, 15) is 0 Å². The van der Waals surface area contributed by atoms with Gasteiger partial charge in [-0.15, -0.1) is 11.3 Å². The predicted octanol–water partition coefficient (Wildman–Crippen LogP) is 1.54. The molecule has 1 aliphatic rings. The molecule has 2 heterocycles. The Bertz CT molecular complexity index is 311. The number of hydrogen-bond acceptors (Lipinski definition) is 4. The van der Waals surface area contributed by atoms with Gasteiger partial charge in [-0.25, -0.2) is 4.98 Å². The first kappa shape index (κ1) is 11.0. The van der Waals surface area contributed by atoms with Crippen LogP contribution in [0.2, 0.25) is 0 Å². The van der Waals surface area contributed by atoms with Gasteiger partial charge in [0.15, 0.2) is 0 Å². The summed E-state index contributed by atoms with van der Waals surface area (Å²) in [6.45, 7) is 7.61. The standard InChI is InChI=1S/C11H19N3S/c1-8-10(3-4-13-8)5-12-6-11-9(2)14-7-15-11/h7-8,10,12-13H,3-6H2,1-2H3. The molecule has 0 aromatic carbocycles. The molecule has 4 heteroatoms. The Kier molecular flexibility index (Phi) is 3.72. The van der Waals surface area contributed by atoms with Crippen molar-refractivity contribution in [3.05, 3.63) is 16.1 Å². The summed E-state index contributed by atoms with van der Waals surface area (Å²) in [6, 6.07) is 0.667. The van der Waals surface area contributed by atoms with E-state index < -0.39 is 0 Å². The van der Waals surface area contributed by atoms with Crippen molar-refractivity contribution in [1.29, 1.82) is 0 Å². The fourth-order valence-corrected chi connectivity index (χ4v) is 2.81. The quantitative estimate of drug-likeness (QED) is 0.816. The van der Waals surface area contributed by atoms with Crippen LogP contribution >= 0.6 is 11.3 Å². The third-order valence-electron chi connectivity index (χ3n) is 3.23. The summed E-state index contributed by atoms with van der Waals surface area (Å²) in [7, 11) is 0. The summed E-state index contributed by atoms with van der Waals surface area (Å²) in [6.07, 6.45) is 1.30. The highest BCUT2D eigenvalue weighted by atomic mass is 32.1. The molecule has 2 unspecified atom stereocenters. The molecule has 1 aromatic rings. The topological polar surface area (TPSA) is 37.0 Å². The number of hydrogen-bond donors (Lipinski definition) is 2. The highest BCUT2D eigenvalue weighted by Gasteiger charge is 2.21. The number of nitrogens with zero attached hydrogens (tertiary/aromatic N) is 1. The first-order valence-corrected chi connectivity index (χ1v) is 6.48. The molecule has 1 aromatic heterocycles. The van der Waals surface area contributed by atoms with Crippen molar-refractivity contribution in [1.82, 2.24) is 15.6 Å². The lowest BCUT2D eigenvalue weighted by molar-refractivity contribution is 0.440. The van der Waals surface area contributed by atoms with Gasteiger partial charge in [0.05, 0.1) is 11.2 Å². The Morgan fingerprint density at radius 1 is 1.67 bits per heavy atom. The Hall–Kier alpha value is -0.450. The van der Waals surface area contributed by atoms with Crippen LogP contribution < -0.4 is 10.6 Å². The molecule has 1 saturated heterocycles. The summed E-state index contributed by atoms with van der Waals surface area (Å²) in [5.74, 6) is 0.790. The molecule has 15 heavy (non-hydrogen) atoms. The molecule has 2 atom stereocenters. The van der Waals surface area contributed by atoms with E-state index in [0.717, 1.165) is 19.0 Å². The SMILES string of the molecule is Cc1ncsc1CNCC1CCNC1C. The first-order chi connectivity index (χ1) is 7.27. The van der Waals surface area contributed by atoms with Gasteiger partial charge in [-0.3, -0.25) is 0 Å². The predicted molar refractivity (Wildman–Crippen MR) is 64.1 cm³/mol. The van der Waals surface area contributed by atoms with Crippen LogP contribution in [0.1, 0.15) is 23.9 Å². The number of nitrogens with one attached hydrogen (secondary N) is 2. The molecular formula is C11H19N3S. The molecule has 0 radical (unpaired) electrons. The molecule has 84 valence electrons. The van der Waals surface area contributed by atoms with Gasteiger partial charge in [0.1, 0.15) is 0 Å². The zero-order valence-electron chi connectivity index (χ0n) is 9.42. The molecule has 2 rings (SSSR count). The van der Waals surface area contributed by atoms with Crippen molar-refractivity contribution in [3.8, 4) is 0 Å². The summed E-state index contributed by atoms with van der Waals surface area (Å²) in [5, 5.41) is 7.01. The second-order valence-electron chi connectivity index (χ2n) is 4.28. The second-order valence-corrected chi connectivity index (χ2v) is 5.22. The normalized spacial score (nSPS) is 26.0. The van der Waals surface area contributed by atoms with Crippen molar-refractivity contribution in [2.75, 3.05) is 13.1 Å². The number of aryl methyl sites for hydroxylation is 1. The van der Waals surface area contributed by atoms with E-state index in [4.69, 9.17) is 0 Å². The lowest BCUT2D eigenvalue weighted by Crippen LogP contribution is -2.30. The van der Waals surface area contributed by atoms with Gasteiger partial charge < -0.3 is 10.6 Å². The molecule has 0 spiro atoms. The molecule has 0 bridgehead atoms. The fraction of sp³-hybridized carbons (Fsp3) is 0.727. The minimum Gasteiger partial charge on any atom is -0.314 e. The number of aromatic nitrogens is 1. The molecule has 0 saturated carbocycles. The molecule has 1 fully saturated rings. The van der Waals surface area contributed by atoms with Crippen LogP contribution in [0, 0.1) is 12.8 Å². The Morgan fingerprint density at radius 3 is 3.13 bits per heavy atom. The summed E-state index contributed by atoms with van der Waals surface area (Å²) in [5.41, 5.74) is 3.09. The van der Waals surface area contributed by atoms with Crippen LogP contribution in [0.15, 0.2) is 5.51 Å². The average molecular weight is 225 g/mol. The first-order valence-electron chi connectivity index (χ1n) is 5.60. The summed E-state index contributed by atoms with van der Waals surface area (Å²) < 4.78 is 0. The Morgan fingerprint density at radius 2 is 2.53 bits per heavy atom. The number of thiazole rings is 1. The van der Waals surface area contributed by atoms with Gasteiger partial charge in [-0.05, 0) is 39.3 Å². The maximum atomic E-state index is 4.25. The molecule has 0 amide bonds. The van der Waals surface area contributed by atoms with Gasteiger partial charge in [0.25, 0.3) is 0 Å². The van der Waals surface area contributed by atoms with E-state index in [0.29, 0.717) is 6.04 Å². The fourth-order valence-electron chi connectivity index (χ4n) is 2.06. The van der Waals surface area contributed by atoms with E-state index in [2.05, 4.69) is 29.5 Å². The third kappa shape index (κ3) is 2.77. The lowest BCUT2D eigenvalue weighted by atomic mass is 10.0. The van der Waals surface area contributed by atoms with Crippen molar-refractivity contribution in [2.45, 2.75) is 32.9 Å². The second kappa shape index (κ2) is 5.05. The summed E-state index contributed by atoms with van der Waals surface area (Å²) in [4.78, 5) is 5.62. The van der Waals surface area contributed by atoms with E-state index >= 15 is 0 Å².